The number of hydrogen-bond donors (Lipinski definition) is 1. The average Bonchev–Trinajstić information content (AvgIpc) is 3.39. The molecule has 0 radical (unpaired) electrons. The number of hydrogen-bond acceptors (Lipinski definition) is 4. The summed E-state index contributed by atoms with van der Waals surface area (Å²) in [6, 6.07) is 11.8. The van der Waals surface area contributed by atoms with Gasteiger partial charge in [-0.2, -0.15) is 0 Å². The van der Waals surface area contributed by atoms with E-state index in [9.17, 15) is 14.0 Å². The van der Waals surface area contributed by atoms with Crippen LogP contribution in [0.3, 0.4) is 0 Å². The highest BCUT2D eigenvalue weighted by molar-refractivity contribution is 5.81. The zero-order valence-corrected chi connectivity index (χ0v) is 20.8. The molecule has 1 N–H and O–H groups in total. The zero-order valence-electron chi connectivity index (χ0n) is 20.8. The molecule has 0 unspecified atom stereocenters. The monoisotopic (exact) mass is 482 g/mol. The summed E-state index contributed by atoms with van der Waals surface area (Å²) in [5.74, 6) is -0.00293. The zero-order chi connectivity index (χ0) is 24.9. The number of carbonyl (C=O) groups is 2. The van der Waals surface area contributed by atoms with Crippen LogP contribution in [0.15, 0.2) is 42.5 Å². The largest absolute Gasteiger partial charge is 0.481 e. The van der Waals surface area contributed by atoms with Gasteiger partial charge in [-0.05, 0) is 66.6 Å². The summed E-state index contributed by atoms with van der Waals surface area (Å²) in [4.78, 5) is 27.7. The van der Waals surface area contributed by atoms with Crippen LogP contribution in [0, 0.1) is 11.7 Å². The molecule has 2 aliphatic rings. The predicted molar refractivity (Wildman–Crippen MR) is 132 cm³/mol. The van der Waals surface area contributed by atoms with E-state index < -0.39 is 6.10 Å². The number of ether oxygens (including phenoxy) is 2. The third-order valence-electron chi connectivity index (χ3n) is 6.78. The summed E-state index contributed by atoms with van der Waals surface area (Å²) in [5.41, 5.74) is 2.92. The van der Waals surface area contributed by atoms with Gasteiger partial charge in [-0.1, -0.05) is 39.0 Å². The minimum absolute atomic E-state index is 0.0521. The van der Waals surface area contributed by atoms with Gasteiger partial charge in [-0.15, -0.1) is 0 Å². The van der Waals surface area contributed by atoms with E-state index in [2.05, 4.69) is 5.32 Å². The lowest BCUT2D eigenvalue weighted by molar-refractivity contribution is -0.136. The number of fused-ring (bicyclic) bond motifs is 1. The first-order valence-electron chi connectivity index (χ1n) is 12.6. The van der Waals surface area contributed by atoms with Crippen molar-refractivity contribution >= 4 is 11.8 Å². The van der Waals surface area contributed by atoms with Crippen LogP contribution in [0.1, 0.15) is 62.8 Å². The SMILES string of the molecule is CC[C@H](Oc1ccc2c(c1)[C@@H](c1ccc(F)cc1)N(C(=O)C(C)C)CC2)C(=O)NC[C@@H]1CCCO1. The Hall–Kier alpha value is -2.93. The Balaban J connectivity index is 1.58. The standard InChI is InChI=1S/C28H35FN2O4/c1-4-25(27(32)30-17-23-6-5-15-34-23)35-22-12-9-19-13-14-31(28(33)18(2)3)26(24(19)16-22)20-7-10-21(29)11-8-20/h7-12,16,18,23,25-26H,4-6,13-15,17H2,1-3H3,(H,30,32)/t23-,25-,26+/m0/s1. The van der Waals surface area contributed by atoms with E-state index in [0.29, 0.717) is 25.3 Å². The highest BCUT2D eigenvalue weighted by Gasteiger charge is 2.33. The van der Waals surface area contributed by atoms with Crippen molar-refractivity contribution in [1.82, 2.24) is 10.2 Å². The number of nitrogens with zero attached hydrogens (tertiary/aromatic N) is 1. The van der Waals surface area contributed by atoms with Crippen LogP contribution in [-0.2, 0) is 20.7 Å². The smallest absolute Gasteiger partial charge is 0.261 e. The Morgan fingerprint density at radius 3 is 2.63 bits per heavy atom. The van der Waals surface area contributed by atoms with E-state index in [1.54, 1.807) is 12.1 Å². The van der Waals surface area contributed by atoms with Crippen LogP contribution < -0.4 is 10.1 Å². The summed E-state index contributed by atoms with van der Waals surface area (Å²) in [5, 5.41) is 2.96. The molecule has 188 valence electrons. The second-order valence-corrected chi connectivity index (χ2v) is 9.65. The second-order valence-electron chi connectivity index (χ2n) is 9.65. The number of amides is 2. The van der Waals surface area contributed by atoms with Crippen molar-refractivity contribution in [3.05, 3.63) is 65.0 Å². The molecule has 35 heavy (non-hydrogen) atoms. The molecule has 6 nitrogen and oxygen atoms in total. The maximum absolute atomic E-state index is 13.7. The van der Waals surface area contributed by atoms with Crippen molar-refractivity contribution in [3.63, 3.8) is 0 Å². The van der Waals surface area contributed by atoms with E-state index in [1.165, 1.54) is 12.1 Å². The maximum atomic E-state index is 13.7. The Bertz CT molecular complexity index is 1030. The summed E-state index contributed by atoms with van der Waals surface area (Å²) < 4.78 is 25.4. The number of carbonyl (C=O) groups excluding carboxylic acids is 2. The van der Waals surface area contributed by atoms with Crippen molar-refractivity contribution < 1.29 is 23.5 Å². The fraction of sp³-hybridized carbons (Fsp3) is 0.500. The van der Waals surface area contributed by atoms with Gasteiger partial charge < -0.3 is 19.7 Å². The van der Waals surface area contributed by atoms with Crippen molar-refractivity contribution in [2.24, 2.45) is 5.92 Å². The van der Waals surface area contributed by atoms with E-state index in [1.807, 2.05) is 43.9 Å². The fourth-order valence-corrected chi connectivity index (χ4v) is 4.86. The molecule has 0 spiro atoms. The van der Waals surface area contributed by atoms with Gasteiger partial charge in [0, 0.05) is 25.6 Å². The average molecular weight is 483 g/mol. The molecule has 2 aliphatic heterocycles. The molecule has 1 fully saturated rings. The van der Waals surface area contributed by atoms with Crippen LogP contribution >= 0.6 is 0 Å². The summed E-state index contributed by atoms with van der Waals surface area (Å²) in [6.07, 6.45) is 2.67. The lowest BCUT2D eigenvalue weighted by atomic mass is 9.87. The van der Waals surface area contributed by atoms with Gasteiger partial charge in [-0.25, -0.2) is 4.39 Å². The molecular formula is C28H35FN2O4. The normalized spacial score (nSPS) is 20.4. The Morgan fingerprint density at radius 2 is 1.97 bits per heavy atom. The van der Waals surface area contributed by atoms with Gasteiger partial charge in [0.05, 0.1) is 12.1 Å². The molecule has 2 aromatic rings. The highest BCUT2D eigenvalue weighted by Crippen LogP contribution is 2.38. The quantitative estimate of drug-likeness (QED) is 0.605. The third kappa shape index (κ3) is 5.84. The first-order chi connectivity index (χ1) is 16.9. The van der Waals surface area contributed by atoms with Gasteiger partial charge >= 0.3 is 0 Å². The number of halogens is 1. The molecular weight excluding hydrogens is 447 g/mol. The van der Waals surface area contributed by atoms with E-state index in [4.69, 9.17) is 9.47 Å². The van der Waals surface area contributed by atoms with Crippen LogP contribution in [0.2, 0.25) is 0 Å². The molecule has 3 atom stereocenters. The Kier molecular flexibility index (Phi) is 8.06. The first-order valence-corrected chi connectivity index (χ1v) is 12.6. The molecule has 2 amide bonds. The molecule has 0 saturated carbocycles. The lowest BCUT2D eigenvalue weighted by Crippen LogP contribution is -2.43. The number of benzene rings is 2. The maximum Gasteiger partial charge on any atom is 0.261 e. The van der Waals surface area contributed by atoms with Crippen LogP contribution in [0.25, 0.3) is 0 Å². The third-order valence-corrected chi connectivity index (χ3v) is 6.78. The van der Waals surface area contributed by atoms with Gasteiger partial charge in [0.2, 0.25) is 5.91 Å². The summed E-state index contributed by atoms with van der Waals surface area (Å²) in [6.45, 7) is 7.52. The Labute approximate surface area is 206 Å². The molecule has 0 bridgehead atoms. The van der Waals surface area contributed by atoms with Crippen LogP contribution in [-0.4, -0.2) is 48.6 Å². The van der Waals surface area contributed by atoms with E-state index >= 15 is 0 Å². The topological polar surface area (TPSA) is 67.9 Å². The lowest BCUT2D eigenvalue weighted by Gasteiger charge is -2.39. The molecule has 4 rings (SSSR count). The number of rotatable bonds is 8. The van der Waals surface area contributed by atoms with E-state index in [0.717, 1.165) is 42.6 Å². The number of nitrogens with one attached hydrogen (secondary N) is 1. The van der Waals surface area contributed by atoms with Crippen molar-refractivity contribution in [1.29, 1.82) is 0 Å². The molecule has 2 heterocycles. The molecule has 0 aromatic heterocycles. The molecule has 1 saturated heterocycles. The highest BCUT2D eigenvalue weighted by atomic mass is 19.1. The molecule has 2 aromatic carbocycles. The van der Waals surface area contributed by atoms with Crippen LogP contribution in [0.5, 0.6) is 5.75 Å². The fourth-order valence-electron chi connectivity index (χ4n) is 4.86. The molecule has 7 heteroatoms. The van der Waals surface area contributed by atoms with Crippen molar-refractivity contribution in [2.75, 3.05) is 19.7 Å². The first kappa shape index (κ1) is 25.2. The van der Waals surface area contributed by atoms with Gasteiger partial charge in [0.25, 0.3) is 5.91 Å². The molecule has 0 aliphatic carbocycles. The van der Waals surface area contributed by atoms with Gasteiger partial charge in [0.15, 0.2) is 6.10 Å². The van der Waals surface area contributed by atoms with Crippen LogP contribution in [0.4, 0.5) is 4.39 Å². The minimum Gasteiger partial charge on any atom is -0.481 e. The Morgan fingerprint density at radius 1 is 1.20 bits per heavy atom. The van der Waals surface area contributed by atoms with Crippen molar-refractivity contribution in [3.8, 4) is 5.75 Å². The van der Waals surface area contributed by atoms with Gasteiger partial charge in [0.1, 0.15) is 11.6 Å². The summed E-state index contributed by atoms with van der Waals surface area (Å²) in [7, 11) is 0. The van der Waals surface area contributed by atoms with Crippen molar-refractivity contribution in [2.45, 2.75) is 64.7 Å². The minimum atomic E-state index is -0.629. The predicted octanol–water partition coefficient (Wildman–Crippen LogP) is 4.41. The van der Waals surface area contributed by atoms with Gasteiger partial charge in [-0.3, -0.25) is 9.59 Å². The summed E-state index contributed by atoms with van der Waals surface area (Å²) >= 11 is 0. The van der Waals surface area contributed by atoms with E-state index in [-0.39, 0.29) is 35.7 Å². The second kappa shape index (κ2) is 11.2.